The quantitative estimate of drug-likeness (QED) is 0.597. The van der Waals surface area contributed by atoms with Crippen LogP contribution >= 0.6 is 0 Å². The Morgan fingerprint density at radius 3 is 2.15 bits per heavy atom. The van der Waals surface area contributed by atoms with Crippen LogP contribution in [0.4, 0.5) is 0 Å². The summed E-state index contributed by atoms with van der Waals surface area (Å²) in [7, 11) is 0. The molecule has 0 bridgehead atoms. The van der Waals surface area contributed by atoms with Crippen LogP contribution in [0.2, 0.25) is 0 Å². The standard InChI is InChI=1S/C12H22O/c1-7-10-9(11(2,3)4)8-12(5,6)13-10/h7-8H2,1-6H3. The molecular weight excluding hydrogens is 160 g/mol. The summed E-state index contributed by atoms with van der Waals surface area (Å²) in [5.41, 5.74) is 1.78. The molecule has 0 spiro atoms. The Morgan fingerprint density at radius 2 is 1.85 bits per heavy atom. The van der Waals surface area contributed by atoms with E-state index in [2.05, 4.69) is 41.5 Å². The smallest absolute Gasteiger partial charge is 0.107 e. The van der Waals surface area contributed by atoms with Crippen molar-refractivity contribution in [3.05, 3.63) is 11.3 Å². The minimum Gasteiger partial charge on any atom is -0.492 e. The van der Waals surface area contributed by atoms with Gasteiger partial charge in [-0.1, -0.05) is 27.7 Å². The summed E-state index contributed by atoms with van der Waals surface area (Å²) in [5.74, 6) is 1.22. The van der Waals surface area contributed by atoms with E-state index >= 15 is 0 Å². The Bertz CT molecular complexity index is 228. The molecule has 1 heterocycles. The molecule has 0 saturated carbocycles. The third-order valence-electron chi connectivity index (χ3n) is 2.57. The second-order valence-corrected chi connectivity index (χ2v) is 5.54. The van der Waals surface area contributed by atoms with Crippen LogP contribution in [-0.4, -0.2) is 5.60 Å². The molecule has 0 aliphatic carbocycles. The van der Waals surface area contributed by atoms with Crippen molar-refractivity contribution in [2.75, 3.05) is 0 Å². The molecule has 0 aromatic rings. The molecule has 0 aromatic carbocycles. The molecule has 1 aliphatic heterocycles. The normalized spacial score (nSPS) is 22.0. The van der Waals surface area contributed by atoms with Crippen LogP contribution in [0.5, 0.6) is 0 Å². The van der Waals surface area contributed by atoms with E-state index in [0.29, 0.717) is 0 Å². The Hall–Kier alpha value is -0.460. The first-order chi connectivity index (χ1) is 5.76. The molecule has 0 unspecified atom stereocenters. The fraction of sp³-hybridized carbons (Fsp3) is 0.833. The summed E-state index contributed by atoms with van der Waals surface area (Å²) < 4.78 is 5.92. The zero-order valence-corrected chi connectivity index (χ0v) is 9.82. The molecule has 1 aliphatic rings. The lowest BCUT2D eigenvalue weighted by Gasteiger charge is -2.22. The maximum absolute atomic E-state index is 5.92. The van der Waals surface area contributed by atoms with E-state index in [1.807, 2.05) is 0 Å². The summed E-state index contributed by atoms with van der Waals surface area (Å²) in [6.07, 6.45) is 2.11. The average Bonchev–Trinajstić information content (AvgIpc) is 2.24. The van der Waals surface area contributed by atoms with Gasteiger partial charge in [-0.05, 0) is 24.8 Å². The molecule has 0 atom stereocenters. The van der Waals surface area contributed by atoms with Crippen LogP contribution in [0.25, 0.3) is 0 Å². The summed E-state index contributed by atoms with van der Waals surface area (Å²) >= 11 is 0. The van der Waals surface area contributed by atoms with Crippen molar-refractivity contribution in [3.63, 3.8) is 0 Å². The zero-order chi connectivity index (χ0) is 10.3. The summed E-state index contributed by atoms with van der Waals surface area (Å²) in [5, 5.41) is 0. The first kappa shape index (κ1) is 10.6. The third kappa shape index (κ3) is 2.26. The van der Waals surface area contributed by atoms with Gasteiger partial charge < -0.3 is 4.74 Å². The van der Waals surface area contributed by atoms with E-state index in [-0.39, 0.29) is 11.0 Å². The van der Waals surface area contributed by atoms with Gasteiger partial charge in [0.1, 0.15) is 5.60 Å². The number of hydrogen-bond donors (Lipinski definition) is 0. The van der Waals surface area contributed by atoms with Gasteiger partial charge in [0.25, 0.3) is 0 Å². The minimum atomic E-state index is 0.0218. The molecule has 0 aromatic heterocycles. The Kier molecular flexibility index (Phi) is 2.48. The second kappa shape index (κ2) is 3.04. The number of ether oxygens (including phenoxy) is 1. The highest BCUT2D eigenvalue weighted by molar-refractivity contribution is 5.22. The van der Waals surface area contributed by atoms with Crippen LogP contribution in [0, 0.1) is 5.41 Å². The van der Waals surface area contributed by atoms with Crippen molar-refractivity contribution in [2.24, 2.45) is 5.41 Å². The lowest BCUT2D eigenvalue weighted by molar-refractivity contribution is 0.0576. The molecule has 0 fully saturated rings. The van der Waals surface area contributed by atoms with E-state index in [9.17, 15) is 0 Å². The van der Waals surface area contributed by atoms with Gasteiger partial charge in [0.2, 0.25) is 0 Å². The number of hydrogen-bond acceptors (Lipinski definition) is 1. The van der Waals surface area contributed by atoms with Gasteiger partial charge in [-0.2, -0.15) is 0 Å². The van der Waals surface area contributed by atoms with Crippen molar-refractivity contribution in [2.45, 2.75) is 60.0 Å². The zero-order valence-electron chi connectivity index (χ0n) is 9.82. The van der Waals surface area contributed by atoms with Crippen LogP contribution in [-0.2, 0) is 4.74 Å². The third-order valence-corrected chi connectivity index (χ3v) is 2.57. The monoisotopic (exact) mass is 182 g/mol. The van der Waals surface area contributed by atoms with Gasteiger partial charge in [0, 0.05) is 12.8 Å². The predicted molar refractivity (Wildman–Crippen MR) is 56.6 cm³/mol. The Morgan fingerprint density at radius 1 is 1.31 bits per heavy atom. The Labute approximate surface area is 82.2 Å². The first-order valence-electron chi connectivity index (χ1n) is 5.18. The largest absolute Gasteiger partial charge is 0.492 e. The van der Waals surface area contributed by atoms with Crippen molar-refractivity contribution in [1.29, 1.82) is 0 Å². The van der Waals surface area contributed by atoms with E-state index < -0.39 is 0 Å². The molecule has 13 heavy (non-hydrogen) atoms. The molecule has 0 amide bonds. The SMILES string of the molecule is CCC1=C(C(C)(C)C)CC(C)(C)O1. The molecular formula is C12H22O. The number of rotatable bonds is 1. The van der Waals surface area contributed by atoms with Crippen LogP contribution in [0.3, 0.4) is 0 Å². The maximum Gasteiger partial charge on any atom is 0.107 e. The van der Waals surface area contributed by atoms with E-state index in [1.54, 1.807) is 0 Å². The van der Waals surface area contributed by atoms with Crippen LogP contribution < -0.4 is 0 Å². The average molecular weight is 182 g/mol. The molecule has 0 N–H and O–H groups in total. The van der Waals surface area contributed by atoms with Gasteiger partial charge >= 0.3 is 0 Å². The highest BCUT2D eigenvalue weighted by Gasteiger charge is 2.36. The molecule has 0 radical (unpaired) electrons. The van der Waals surface area contributed by atoms with Crippen LogP contribution in [0.15, 0.2) is 11.3 Å². The van der Waals surface area contributed by atoms with Crippen molar-refractivity contribution in [1.82, 2.24) is 0 Å². The maximum atomic E-state index is 5.92. The molecule has 0 saturated heterocycles. The first-order valence-corrected chi connectivity index (χ1v) is 5.18. The van der Waals surface area contributed by atoms with E-state index in [4.69, 9.17) is 4.74 Å². The lowest BCUT2D eigenvalue weighted by atomic mass is 9.81. The van der Waals surface area contributed by atoms with Gasteiger partial charge in [-0.15, -0.1) is 0 Å². The van der Waals surface area contributed by atoms with Gasteiger partial charge in [0.15, 0.2) is 0 Å². The van der Waals surface area contributed by atoms with Gasteiger partial charge in [-0.25, -0.2) is 0 Å². The minimum absolute atomic E-state index is 0.0218. The highest BCUT2D eigenvalue weighted by atomic mass is 16.5. The second-order valence-electron chi connectivity index (χ2n) is 5.54. The fourth-order valence-electron chi connectivity index (χ4n) is 1.92. The van der Waals surface area contributed by atoms with Crippen LogP contribution in [0.1, 0.15) is 54.4 Å². The fourth-order valence-corrected chi connectivity index (χ4v) is 1.92. The molecule has 1 nitrogen and oxygen atoms in total. The summed E-state index contributed by atoms with van der Waals surface area (Å²) in [4.78, 5) is 0. The molecule has 1 heteroatoms. The van der Waals surface area contributed by atoms with Crippen molar-refractivity contribution in [3.8, 4) is 0 Å². The van der Waals surface area contributed by atoms with E-state index in [0.717, 1.165) is 12.8 Å². The van der Waals surface area contributed by atoms with E-state index in [1.165, 1.54) is 11.3 Å². The van der Waals surface area contributed by atoms with Gasteiger partial charge in [0.05, 0.1) is 5.76 Å². The summed E-state index contributed by atoms with van der Waals surface area (Å²) in [6.45, 7) is 13.3. The molecule has 76 valence electrons. The van der Waals surface area contributed by atoms with Gasteiger partial charge in [-0.3, -0.25) is 0 Å². The Balaban J connectivity index is 2.93. The topological polar surface area (TPSA) is 9.23 Å². The molecule has 1 rings (SSSR count). The number of allylic oxidation sites excluding steroid dienone is 1. The van der Waals surface area contributed by atoms with Crippen molar-refractivity contribution >= 4 is 0 Å². The predicted octanol–water partition coefficient (Wildman–Crippen LogP) is 3.90. The highest BCUT2D eigenvalue weighted by Crippen LogP contribution is 2.43. The van der Waals surface area contributed by atoms with Crippen molar-refractivity contribution < 1.29 is 4.74 Å². The lowest BCUT2D eigenvalue weighted by Crippen LogP contribution is -2.19. The summed E-state index contributed by atoms with van der Waals surface area (Å²) in [6, 6.07) is 0.